The zero-order valence-corrected chi connectivity index (χ0v) is 10.8. The molecule has 1 aromatic rings. The Morgan fingerprint density at radius 1 is 1.31 bits per heavy atom. The van der Waals surface area contributed by atoms with Crippen molar-refractivity contribution in [1.82, 2.24) is 5.32 Å². The first-order chi connectivity index (χ1) is 7.68. The molecule has 0 heterocycles. The Labute approximate surface area is 103 Å². The number of rotatable bonds is 7. The van der Waals surface area contributed by atoms with Crippen molar-refractivity contribution in [1.29, 1.82) is 0 Å². The van der Waals surface area contributed by atoms with E-state index in [1.807, 2.05) is 24.3 Å². The Hall–Kier alpha value is -0.730. The second kappa shape index (κ2) is 7.53. The van der Waals surface area contributed by atoms with Gasteiger partial charge in [-0.3, -0.25) is 0 Å². The van der Waals surface area contributed by atoms with E-state index < -0.39 is 0 Å². The molecule has 0 saturated carbocycles. The highest BCUT2D eigenvalue weighted by atomic mass is 35.5. The summed E-state index contributed by atoms with van der Waals surface area (Å²) in [6, 6.07) is 7.48. The maximum atomic E-state index is 5.85. The summed E-state index contributed by atoms with van der Waals surface area (Å²) >= 11 is 5.85. The van der Waals surface area contributed by atoms with E-state index in [1.54, 1.807) is 0 Å². The molecule has 0 amide bonds. The van der Waals surface area contributed by atoms with Gasteiger partial charge in [-0.05, 0) is 37.1 Å². The van der Waals surface area contributed by atoms with E-state index in [1.165, 1.54) is 6.42 Å². The van der Waals surface area contributed by atoms with Gasteiger partial charge in [0.1, 0.15) is 12.4 Å². The maximum absolute atomic E-state index is 5.85. The molecule has 0 aliphatic heterocycles. The summed E-state index contributed by atoms with van der Waals surface area (Å²) in [5.74, 6) is 1.58. The van der Waals surface area contributed by atoms with Crippen LogP contribution in [0.15, 0.2) is 24.3 Å². The van der Waals surface area contributed by atoms with Crippen molar-refractivity contribution in [3.63, 3.8) is 0 Å². The van der Waals surface area contributed by atoms with E-state index in [2.05, 4.69) is 19.2 Å². The average molecular weight is 242 g/mol. The Morgan fingerprint density at radius 2 is 2.12 bits per heavy atom. The lowest BCUT2D eigenvalue weighted by Crippen LogP contribution is -2.22. The summed E-state index contributed by atoms with van der Waals surface area (Å²) in [5.41, 5.74) is 0. The minimum atomic E-state index is 0.679. The fourth-order valence-corrected chi connectivity index (χ4v) is 1.49. The number of halogens is 1. The predicted octanol–water partition coefficient (Wildman–Crippen LogP) is 3.35. The van der Waals surface area contributed by atoms with Gasteiger partial charge in [-0.2, -0.15) is 0 Å². The lowest BCUT2D eigenvalue weighted by molar-refractivity contribution is 0.312. The van der Waals surface area contributed by atoms with Crippen LogP contribution in [0.25, 0.3) is 0 Å². The normalized spacial score (nSPS) is 10.8. The minimum absolute atomic E-state index is 0.679. The molecule has 0 unspecified atom stereocenters. The molecule has 0 spiro atoms. The molecule has 1 N–H and O–H groups in total. The lowest BCUT2D eigenvalue weighted by Gasteiger charge is -2.08. The van der Waals surface area contributed by atoms with Gasteiger partial charge in [-0.25, -0.2) is 0 Å². The zero-order chi connectivity index (χ0) is 11.8. The lowest BCUT2D eigenvalue weighted by atomic mass is 10.1. The standard InChI is InChI=1S/C13H20ClNO/c1-11(2)6-7-15-8-9-16-13-5-3-4-12(14)10-13/h3-5,10-11,15H,6-9H2,1-2H3. The van der Waals surface area contributed by atoms with Crippen molar-refractivity contribution in [2.45, 2.75) is 20.3 Å². The summed E-state index contributed by atoms with van der Waals surface area (Å²) in [7, 11) is 0. The third-order valence-electron chi connectivity index (χ3n) is 2.24. The minimum Gasteiger partial charge on any atom is -0.492 e. The average Bonchev–Trinajstić information content (AvgIpc) is 2.23. The first-order valence-corrected chi connectivity index (χ1v) is 6.15. The van der Waals surface area contributed by atoms with E-state index in [4.69, 9.17) is 16.3 Å². The third kappa shape index (κ3) is 5.99. The Bertz CT molecular complexity index is 302. The largest absolute Gasteiger partial charge is 0.492 e. The van der Waals surface area contributed by atoms with Crippen molar-refractivity contribution >= 4 is 11.6 Å². The van der Waals surface area contributed by atoms with Crippen molar-refractivity contribution < 1.29 is 4.74 Å². The molecule has 1 rings (SSSR count). The molecule has 0 saturated heterocycles. The van der Waals surface area contributed by atoms with Crippen LogP contribution in [0.5, 0.6) is 5.75 Å². The van der Waals surface area contributed by atoms with Gasteiger partial charge >= 0.3 is 0 Å². The van der Waals surface area contributed by atoms with Gasteiger partial charge < -0.3 is 10.1 Å². The van der Waals surface area contributed by atoms with E-state index in [0.717, 1.165) is 24.8 Å². The predicted molar refractivity (Wildman–Crippen MR) is 69.3 cm³/mol. The van der Waals surface area contributed by atoms with Gasteiger partial charge in [0.25, 0.3) is 0 Å². The van der Waals surface area contributed by atoms with Crippen LogP contribution in [-0.4, -0.2) is 19.7 Å². The second-order valence-electron chi connectivity index (χ2n) is 4.24. The van der Waals surface area contributed by atoms with E-state index in [0.29, 0.717) is 11.6 Å². The zero-order valence-electron chi connectivity index (χ0n) is 10.0. The van der Waals surface area contributed by atoms with Crippen LogP contribution in [0.4, 0.5) is 0 Å². The summed E-state index contributed by atoms with van der Waals surface area (Å²) in [6.07, 6.45) is 1.21. The van der Waals surface area contributed by atoms with Crippen LogP contribution in [0.2, 0.25) is 5.02 Å². The Morgan fingerprint density at radius 3 is 2.81 bits per heavy atom. The van der Waals surface area contributed by atoms with Crippen LogP contribution < -0.4 is 10.1 Å². The number of hydrogen-bond donors (Lipinski definition) is 1. The topological polar surface area (TPSA) is 21.3 Å². The van der Waals surface area contributed by atoms with Crippen molar-refractivity contribution in [2.75, 3.05) is 19.7 Å². The van der Waals surface area contributed by atoms with Crippen LogP contribution in [-0.2, 0) is 0 Å². The van der Waals surface area contributed by atoms with Gasteiger partial charge in [0.2, 0.25) is 0 Å². The monoisotopic (exact) mass is 241 g/mol. The van der Waals surface area contributed by atoms with E-state index in [9.17, 15) is 0 Å². The third-order valence-corrected chi connectivity index (χ3v) is 2.48. The number of ether oxygens (including phenoxy) is 1. The van der Waals surface area contributed by atoms with Gasteiger partial charge in [0, 0.05) is 11.6 Å². The highest BCUT2D eigenvalue weighted by Gasteiger charge is 1.95. The molecule has 0 aliphatic rings. The van der Waals surface area contributed by atoms with Crippen molar-refractivity contribution in [3.8, 4) is 5.75 Å². The molecule has 0 atom stereocenters. The van der Waals surface area contributed by atoms with Crippen molar-refractivity contribution in [2.24, 2.45) is 5.92 Å². The van der Waals surface area contributed by atoms with Gasteiger partial charge in [-0.15, -0.1) is 0 Å². The second-order valence-corrected chi connectivity index (χ2v) is 4.67. The van der Waals surface area contributed by atoms with Crippen LogP contribution in [0, 0.1) is 5.92 Å². The molecule has 16 heavy (non-hydrogen) atoms. The van der Waals surface area contributed by atoms with Crippen molar-refractivity contribution in [3.05, 3.63) is 29.3 Å². The fraction of sp³-hybridized carbons (Fsp3) is 0.538. The highest BCUT2D eigenvalue weighted by molar-refractivity contribution is 6.30. The van der Waals surface area contributed by atoms with Crippen LogP contribution in [0.3, 0.4) is 0 Å². The molecule has 90 valence electrons. The molecule has 0 fully saturated rings. The maximum Gasteiger partial charge on any atom is 0.120 e. The molecule has 0 radical (unpaired) electrons. The number of benzene rings is 1. The van der Waals surface area contributed by atoms with Gasteiger partial charge in [0.15, 0.2) is 0 Å². The summed E-state index contributed by atoms with van der Waals surface area (Å²) < 4.78 is 5.55. The fourth-order valence-electron chi connectivity index (χ4n) is 1.31. The number of nitrogens with one attached hydrogen (secondary N) is 1. The molecule has 0 aromatic heterocycles. The highest BCUT2D eigenvalue weighted by Crippen LogP contribution is 2.16. The summed E-state index contributed by atoms with van der Waals surface area (Å²) in [5, 5.41) is 4.06. The van der Waals surface area contributed by atoms with Gasteiger partial charge in [0.05, 0.1) is 0 Å². The smallest absolute Gasteiger partial charge is 0.120 e. The number of hydrogen-bond acceptors (Lipinski definition) is 2. The van der Waals surface area contributed by atoms with Gasteiger partial charge in [-0.1, -0.05) is 31.5 Å². The van der Waals surface area contributed by atoms with E-state index in [-0.39, 0.29) is 0 Å². The summed E-state index contributed by atoms with van der Waals surface area (Å²) in [4.78, 5) is 0. The molecular formula is C13H20ClNO. The van der Waals surface area contributed by atoms with Crippen LogP contribution >= 0.6 is 11.6 Å². The molecule has 1 aromatic carbocycles. The summed E-state index contributed by atoms with van der Waals surface area (Å²) in [6.45, 7) is 7.06. The van der Waals surface area contributed by atoms with E-state index >= 15 is 0 Å². The first-order valence-electron chi connectivity index (χ1n) is 5.77. The Kier molecular flexibility index (Phi) is 6.27. The first kappa shape index (κ1) is 13.3. The SMILES string of the molecule is CC(C)CCNCCOc1cccc(Cl)c1. The quantitative estimate of drug-likeness (QED) is 0.740. The molecule has 0 aliphatic carbocycles. The molecular weight excluding hydrogens is 222 g/mol. The van der Waals surface area contributed by atoms with Crippen LogP contribution in [0.1, 0.15) is 20.3 Å². The molecule has 3 heteroatoms. The molecule has 0 bridgehead atoms. The molecule has 2 nitrogen and oxygen atoms in total. The Balaban J connectivity index is 2.07.